The summed E-state index contributed by atoms with van der Waals surface area (Å²) in [4.78, 5) is 4.59. The van der Waals surface area contributed by atoms with Gasteiger partial charge in [0.2, 0.25) is 0 Å². The Balaban J connectivity index is 0.904. The van der Waals surface area contributed by atoms with Gasteiger partial charge in [0.25, 0.3) is 0 Å². The van der Waals surface area contributed by atoms with E-state index in [2.05, 4.69) is 265 Å². The summed E-state index contributed by atoms with van der Waals surface area (Å²) in [7, 11) is 0. The van der Waals surface area contributed by atoms with Crippen LogP contribution in [-0.4, -0.2) is 0 Å². The lowest BCUT2D eigenvalue weighted by molar-refractivity contribution is 0.360. The number of hydrogen-bond acceptors (Lipinski definition) is 4. The van der Waals surface area contributed by atoms with Crippen molar-refractivity contribution >= 4 is 34.1 Å². The van der Waals surface area contributed by atoms with Gasteiger partial charge in [0.15, 0.2) is 23.0 Å². The van der Waals surface area contributed by atoms with Gasteiger partial charge in [0.05, 0.1) is 5.41 Å². The first kappa shape index (κ1) is 41.8. The molecule has 0 spiro atoms. The van der Waals surface area contributed by atoms with Crippen LogP contribution in [0.2, 0.25) is 0 Å². The minimum absolute atomic E-state index is 0.677. The second-order valence-electron chi connectivity index (χ2n) is 18.0. The number of fused-ring (bicyclic) bond motifs is 6. The quantitative estimate of drug-likeness (QED) is 0.136. The van der Waals surface area contributed by atoms with Gasteiger partial charge in [-0.3, -0.25) is 0 Å². The molecule has 13 rings (SSSR count). The van der Waals surface area contributed by atoms with E-state index in [1.807, 2.05) is 24.3 Å². The molecule has 4 heteroatoms. The molecule has 0 saturated carbocycles. The summed E-state index contributed by atoms with van der Waals surface area (Å²) < 4.78 is 13.4. The Hall–Kier alpha value is -9.38. The molecule has 0 atom stereocenters. The maximum atomic E-state index is 6.83. The van der Waals surface area contributed by atoms with Crippen molar-refractivity contribution in [3.63, 3.8) is 0 Å². The number of rotatable bonds is 10. The van der Waals surface area contributed by atoms with Crippen molar-refractivity contribution < 1.29 is 9.47 Å². The van der Waals surface area contributed by atoms with Gasteiger partial charge in [-0.2, -0.15) is 0 Å². The summed E-state index contributed by atoms with van der Waals surface area (Å²) in [5, 5.41) is 0. The summed E-state index contributed by atoms with van der Waals surface area (Å²) in [6, 6.07) is 99.4. The highest BCUT2D eigenvalue weighted by Gasteiger charge is 2.48. The summed E-state index contributed by atoms with van der Waals surface area (Å²) in [6.45, 7) is 0. The molecular weight excluding hydrogens is 865 g/mol. The molecule has 1 aliphatic carbocycles. The van der Waals surface area contributed by atoms with Crippen molar-refractivity contribution in [2.45, 2.75) is 5.41 Å². The van der Waals surface area contributed by atoms with Crippen LogP contribution in [0.5, 0.6) is 23.0 Å². The summed E-state index contributed by atoms with van der Waals surface area (Å²) >= 11 is 0. The summed E-state index contributed by atoms with van der Waals surface area (Å²) in [6.07, 6.45) is 0. The standard InChI is InChI=1S/C67H46N2O2/c1-5-17-53(18-6-1)68(54-19-7-2-8-20-54)57-41-33-49(34-42-57)47-29-37-51(38-30-47)67(60-26-14-13-25-59(60)65-61(67)45-46-64-66(65)71-63-28-16-15-27-62(63)70-64)52-39-31-48(32-40-52)50-35-43-58(44-36-50)69(55-21-9-3-10-22-55)56-23-11-4-12-24-56/h1-46H. The number of nitrogens with zero attached hydrogens (tertiary/aromatic N) is 2. The monoisotopic (exact) mass is 910 g/mol. The highest BCUT2D eigenvalue weighted by atomic mass is 16.6. The van der Waals surface area contributed by atoms with Gasteiger partial charge in [-0.05, 0) is 141 Å². The van der Waals surface area contributed by atoms with E-state index in [0.29, 0.717) is 17.2 Å². The fourth-order valence-corrected chi connectivity index (χ4v) is 10.8. The van der Waals surface area contributed by atoms with Crippen molar-refractivity contribution in [2.24, 2.45) is 0 Å². The third-order valence-corrected chi connectivity index (χ3v) is 14.0. The van der Waals surface area contributed by atoms with E-state index in [0.717, 1.165) is 78.8 Å². The average molecular weight is 911 g/mol. The normalized spacial score (nSPS) is 12.6. The van der Waals surface area contributed by atoms with E-state index in [9.17, 15) is 0 Å². The first-order chi connectivity index (χ1) is 35.2. The largest absolute Gasteiger partial charge is 0.449 e. The van der Waals surface area contributed by atoms with E-state index in [1.54, 1.807) is 0 Å². The Morgan fingerprint density at radius 3 is 1.04 bits per heavy atom. The van der Waals surface area contributed by atoms with Crippen molar-refractivity contribution in [3.05, 3.63) is 301 Å². The summed E-state index contributed by atoms with van der Waals surface area (Å²) in [5.41, 5.74) is 17.4. The zero-order valence-electron chi connectivity index (χ0n) is 38.8. The lowest BCUT2D eigenvalue weighted by atomic mass is 9.67. The number of para-hydroxylation sites is 6. The SMILES string of the molecule is c1ccc(N(c2ccccc2)c2ccc(-c3ccc(C4(c5ccc(-c6ccc(N(c7ccccc7)c7ccccc7)cc6)cc5)c5ccccc5-c5c4ccc4c5Oc5ccccc5O4)cc3)cc2)cc1. The molecule has 11 aromatic carbocycles. The zero-order valence-corrected chi connectivity index (χ0v) is 38.8. The molecule has 336 valence electrons. The molecule has 0 radical (unpaired) electrons. The predicted octanol–water partition coefficient (Wildman–Crippen LogP) is 18.2. The van der Waals surface area contributed by atoms with Crippen LogP contribution < -0.4 is 19.3 Å². The Morgan fingerprint density at radius 1 is 0.254 bits per heavy atom. The Bertz CT molecular complexity index is 3410. The van der Waals surface area contributed by atoms with Gasteiger partial charge in [0.1, 0.15) is 0 Å². The summed E-state index contributed by atoms with van der Waals surface area (Å²) in [5.74, 6) is 2.87. The molecule has 0 N–H and O–H groups in total. The van der Waals surface area contributed by atoms with Crippen LogP contribution in [-0.2, 0) is 5.41 Å². The number of hydrogen-bond donors (Lipinski definition) is 0. The molecule has 0 aromatic heterocycles. The average Bonchev–Trinajstić information content (AvgIpc) is 3.76. The highest BCUT2D eigenvalue weighted by Crippen LogP contribution is 2.62. The molecule has 71 heavy (non-hydrogen) atoms. The third kappa shape index (κ3) is 7.24. The van der Waals surface area contributed by atoms with Crippen LogP contribution in [0.25, 0.3) is 33.4 Å². The van der Waals surface area contributed by atoms with Gasteiger partial charge in [-0.15, -0.1) is 0 Å². The molecule has 0 unspecified atom stereocenters. The Morgan fingerprint density at radius 2 is 0.606 bits per heavy atom. The second-order valence-corrected chi connectivity index (χ2v) is 18.0. The minimum Gasteiger partial charge on any atom is -0.449 e. The fourth-order valence-electron chi connectivity index (χ4n) is 10.8. The fraction of sp³-hybridized carbons (Fsp3) is 0.0149. The second kappa shape index (κ2) is 17.6. The van der Waals surface area contributed by atoms with Gasteiger partial charge >= 0.3 is 0 Å². The molecule has 0 amide bonds. The molecule has 1 aliphatic heterocycles. The van der Waals surface area contributed by atoms with E-state index in [4.69, 9.17) is 9.47 Å². The first-order valence-corrected chi connectivity index (χ1v) is 24.2. The van der Waals surface area contributed by atoms with Crippen LogP contribution in [0.15, 0.2) is 279 Å². The van der Waals surface area contributed by atoms with Crippen LogP contribution in [0, 0.1) is 0 Å². The molecule has 4 nitrogen and oxygen atoms in total. The van der Waals surface area contributed by atoms with Crippen molar-refractivity contribution in [1.82, 2.24) is 0 Å². The van der Waals surface area contributed by atoms with Crippen molar-refractivity contribution in [3.8, 4) is 56.4 Å². The van der Waals surface area contributed by atoms with Crippen LogP contribution in [0.4, 0.5) is 34.1 Å². The van der Waals surface area contributed by atoms with E-state index >= 15 is 0 Å². The van der Waals surface area contributed by atoms with Crippen LogP contribution in [0.3, 0.4) is 0 Å². The Kier molecular flexibility index (Phi) is 10.4. The van der Waals surface area contributed by atoms with E-state index < -0.39 is 5.41 Å². The molecule has 0 fully saturated rings. The molecule has 0 bridgehead atoms. The number of benzene rings is 11. The first-order valence-electron chi connectivity index (χ1n) is 24.2. The lowest BCUT2D eigenvalue weighted by Gasteiger charge is -2.34. The van der Waals surface area contributed by atoms with E-state index in [-0.39, 0.29) is 0 Å². The molecule has 11 aromatic rings. The lowest BCUT2D eigenvalue weighted by Crippen LogP contribution is -2.28. The van der Waals surface area contributed by atoms with Gasteiger partial charge in [-0.25, -0.2) is 0 Å². The minimum atomic E-state index is -0.677. The van der Waals surface area contributed by atoms with Gasteiger partial charge in [0, 0.05) is 39.7 Å². The molecular formula is C67H46N2O2. The maximum absolute atomic E-state index is 6.83. The van der Waals surface area contributed by atoms with Gasteiger partial charge in [-0.1, -0.05) is 188 Å². The van der Waals surface area contributed by atoms with Crippen molar-refractivity contribution in [1.29, 1.82) is 0 Å². The van der Waals surface area contributed by atoms with Crippen LogP contribution >= 0.6 is 0 Å². The maximum Gasteiger partial charge on any atom is 0.178 e. The topological polar surface area (TPSA) is 24.9 Å². The van der Waals surface area contributed by atoms with E-state index in [1.165, 1.54) is 16.7 Å². The van der Waals surface area contributed by atoms with Gasteiger partial charge < -0.3 is 19.3 Å². The number of anilines is 6. The zero-order chi connectivity index (χ0) is 47.1. The predicted molar refractivity (Wildman–Crippen MR) is 291 cm³/mol. The Labute approximate surface area is 414 Å². The van der Waals surface area contributed by atoms with Crippen molar-refractivity contribution in [2.75, 3.05) is 9.80 Å². The molecule has 1 heterocycles. The van der Waals surface area contributed by atoms with Crippen LogP contribution in [0.1, 0.15) is 22.3 Å². The highest BCUT2D eigenvalue weighted by molar-refractivity contribution is 5.92. The molecule has 2 aliphatic rings. The smallest absolute Gasteiger partial charge is 0.178 e. The number of ether oxygens (including phenoxy) is 2. The molecule has 0 saturated heterocycles. The third-order valence-electron chi connectivity index (χ3n) is 14.0.